The topological polar surface area (TPSA) is 104 Å². The SMILES string of the molecule is N#Cc1cc(F)c2c(c1)CCC(c1cccc(C3CCN(Cc4nc5ccc(C(=O)O)cc5n4C[C@@H]4CCO4)CC3)n1)C2. The maximum atomic E-state index is 14.8. The molecule has 0 spiro atoms. The Bertz CT molecular complexity index is 1730. The maximum absolute atomic E-state index is 14.8. The molecule has 7 rings (SSSR count). The smallest absolute Gasteiger partial charge is 0.335 e. The number of carbonyl (C=O) groups is 1. The molecule has 0 amide bonds. The van der Waals surface area contributed by atoms with Gasteiger partial charge in [0, 0.05) is 29.8 Å². The van der Waals surface area contributed by atoms with E-state index in [2.05, 4.69) is 33.7 Å². The van der Waals surface area contributed by atoms with Crippen molar-refractivity contribution in [1.82, 2.24) is 19.4 Å². The molecule has 2 atom stereocenters. The fourth-order valence-electron chi connectivity index (χ4n) is 6.91. The van der Waals surface area contributed by atoms with Crippen molar-refractivity contribution >= 4 is 17.0 Å². The summed E-state index contributed by atoms with van der Waals surface area (Å²) in [6.45, 7) is 3.98. The van der Waals surface area contributed by atoms with Crippen molar-refractivity contribution in [3.63, 3.8) is 0 Å². The van der Waals surface area contributed by atoms with Crippen LogP contribution in [0.1, 0.15) is 81.8 Å². The lowest BCUT2D eigenvalue weighted by atomic mass is 9.81. The number of ether oxygens (including phenoxy) is 1. The van der Waals surface area contributed by atoms with Crippen LogP contribution in [0.4, 0.5) is 4.39 Å². The number of carboxylic acids is 1. The molecule has 1 unspecified atom stereocenters. The summed E-state index contributed by atoms with van der Waals surface area (Å²) in [5.74, 6) is 0.258. The largest absolute Gasteiger partial charge is 0.478 e. The lowest BCUT2D eigenvalue weighted by Gasteiger charge is -2.33. The van der Waals surface area contributed by atoms with Gasteiger partial charge in [-0.3, -0.25) is 9.88 Å². The van der Waals surface area contributed by atoms with Crippen LogP contribution in [0.3, 0.4) is 0 Å². The van der Waals surface area contributed by atoms with E-state index in [-0.39, 0.29) is 23.4 Å². The number of halogens is 1. The third kappa shape index (κ3) is 5.53. The highest BCUT2D eigenvalue weighted by Gasteiger charge is 2.28. The summed E-state index contributed by atoms with van der Waals surface area (Å²) < 4.78 is 22.6. The number of rotatable bonds is 7. The molecular weight excluding hydrogens is 545 g/mol. The molecule has 2 aliphatic heterocycles. The van der Waals surface area contributed by atoms with Crippen LogP contribution >= 0.6 is 0 Å². The first-order valence-corrected chi connectivity index (χ1v) is 15.2. The van der Waals surface area contributed by atoms with Crippen LogP contribution in [0.5, 0.6) is 0 Å². The van der Waals surface area contributed by atoms with Gasteiger partial charge in [-0.25, -0.2) is 14.2 Å². The minimum absolute atomic E-state index is 0.137. The molecule has 1 N–H and O–H groups in total. The normalized spacial score (nSPS) is 20.8. The fraction of sp³-hybridized carbons (Fsp3) is 0.412. The number of piperidine rings is 1. The van der Waals surface area contributed by atoms with Crippen LogP contribution < -0.4 is 0 Å². The summed E-state index contributed by atoms with van der Waals surface area (Å²) in [5.41, 5.74) is 6.13. The van der Waals surface area contributed by atoms with Gasteiger partial charge >= 0.3 is 5.97 Å². The lowest BCUT2D eigenvalue weighted by Crippen LogP contribution is -2.35. The molecule has 9 heteroatoms. The van der Waals surface area contributed by atoms with Crippen LogP contribution in [-0.4, -0.2) is 56.3 Å². The van der Waals surface area contributed by atoms with Crippen molar-refractivity contribution in [3.8, 4) is 6.07 Å². The number of carboxylic acid groups (broad SMARTS) is 1. The Labute approximate surface area is 249 Å². The van der Waals surface area contributed by atoms with Crippen molar-refractivity contribution in [2.45, 2.75) is 69.6 Å². The maximum Gasteiger partial charge on any atom is 0.335 e. The number of hydrogen-bond donors (Lipinski definition) is 1. The van der Waals surface area contributed by atoms with Crippen molar-refractivity contribution in [1.29, 1.82) is 5.26 Å². The Kier molecular flexibility index (Phi) is 7.41. The second-order valence-corrected chi connectivity index (χ2v) is 12.1. The molecular formula is C34H34FN5O3. The van der Waals surface area contributed by atoms with Crippen molar-refractivity contribution in [3.05, 3.63) is 93.8 Å². The number of benzene rings is 2. The van der Waals surface area contributed by atoms with Gasteiger partial charge in [0.15, 0.2) is 0 Å². The van der Waals surface area contributed by atoms with Crippen LogP contribution in [0.2, 0.25) is 0 Å². The molecule has 1 aliphatic carbocycles. The predicted molar refractivity (Wildman–Crippen MR) is 158 cm³/mol. The zero-order valence-electron chi connectivity index (χ0n) is 24.0. The Morgan fingerprint density at radius 1 is 1.05 bits per heavy atom. The molecule has 4 heterocycles. The molecule has 0 radical (unpaired) electrons. The standard InChI is InChI=1S/C34H34FN5O3/c35-28-15-21(18-36)14-23-4-5-24(16-27(23)28)30-3-1-2-29(37-30)22-8-11-39(12-9-22)20-33-38-31-7-6-25(34(41)42)17-32(31)40(33)19-26-10-13-43-26/h1-3,6-7,14-15,17,22,24,26H,4-5,8-13,16,19-20H2,(H,41,42)/t24?,26-/m0/s1. The third-order valence-electron chi connectivity index (χ3n) is 9.46. The molecule has 2 fully saturated rings. The number of likely N-dealkylation sites (tertiary alicyclic amines) is 1. The number of pyridine rings is 1. The fourth-order valence-corrected chi connectivity index (χ4v) is 6.91. The van der Waals surface area contributed by atoms with E-state index in [1.165, 1.54) is 6.07 Å². The van der Waals surface area contributed by atoms with E-state index in [1.54, 1.807) is 18.2 Å². The quantitative estimate of drug-likeness (QED) is 0.305. The summed E-state index contributed by atoms with van der Waals surface area (Å²) in [4.78, 5) is 24.1. The van der Waals surface area contributed by atoms with Gasteiger partial charge in [-0.15, -0.1) is 0 Å². The summed E-state index contributed by atoms with van der Waals surface area (Å²) in [7, 11) is 0. The van der Waals surface area contributed by atoms with Gasteiger partial charge in [0.2, 0.25) is 0 Å². The van der Waals surface area contributed by atoms with Crippen LogP contribution in [0.15, 0.2) is 48.5 Å². The van der Waals surface area contributed by atoms with E-state index < -0.39 is 5.97 Å². The van der Waals surface area contributed by atoms with E-state index in [4.69, 9.17) is 14.7 Å². The van der Waals surface area contributed by atoms with Crippen molar-refractivity contribution in [2.24, 2.45) is 0 Å². The van der Waals surface area contributed by atoms with Gasteiger partial charge in [-0.05, 0) is 105 Å². The molecule has 0 saturated carbocycles. The van der Waals surface area contributed by atoms with Crippen molar-refractivity contribution in [2.75, 3.05) is 19.7 Å². The summed E-state index contributed by atoms with van der Waals surface area (Å²) in [5, 5.41) is 18.7. The Hall–Kier alpha value is -4.13. The highest BCUT2D eigenvalue weighted by molar-refractivity contribution is 5.92. The van der Waals surface area contributed by atoms with E-state index in [0.717, 1.165) is 91.2 Å². The molecule has 43 heavy (non-hydrogen) atoms. The first kappa shape index (κ1) is 27.7. The molecule has 2 saturated heterocycles. The monoisotopic (exact) mass is 579 g/mol. The van der Waals surface area contributed by atoms with Gasteiger partial charge in [0.25, 0.3) is 0 Å². The van der Waals surface area contributed by atoms with Crippen LogP contribution in [0, 0.1) is 17.1 Å². The Morgan fingerprint density at radius 3 is 2.56 bits per heavy atom. The second kappa shape index (κ2) is 11.5. The molecule has 8 nitrogen and oxygen atoms in total. The van der Waals surface area contributed by atoms with Crippen LogP contribution in [-0.2, 0) is 30.7 Å². The highest BCUT2D eigenvalue weighted by atomic mass is 19.1. The van der Waals surface area contributed by atoms with E-state index in [9.17, 15) is 19.6 Å². The lowest BCUT2D eigenvalue weighted by molar-refractivity contribution is -0.0592. The third-order valence-corrected chi connectivity index (χ3v) is 9.46. The minimum atomic E-state index is -0.939. The first-order valence-electron chi connectivity index (χ1n) is 15.2. The Balaban J connectivity index is 1.03. The number of nitriles is 1. The number of imidazole rings is 1. The molecule has 2 aromatic carbocycles. The number of fused-ring (bicyclic) bond motifs is 2. The van der Waals surface area contributed by atoms with Gasteiger partial charge in [0.1, 0.15) is 11.6 Å². The zero-order valence-corrected chi connectivity index (χ0v) is 24.0. The van der Waals surface area contributed by atoms with Gasteiger partial charge in [0.05, 0.1) is 47.4 Å². The Morgan fingerprint density at radius 2 is 1.84 bits per heavy atom. The van der Waals surface area contributed by atoms with E-state index >= 15 is 0 Å². The second-order valence-electron chi connectivity index (χ2n) is 12.1. The summed E-state index contributed by atoms with van der Waals surface area (Å²) in [6.07, 6.45) is 5.39. The average molecular weight is 580 g/mol. The molecule has 220 valence electrons. The van der Waals surface area contributed by atoms with Crippen molar-refractivity contribution < 1.29 is 19.0 Å². The number of aryl methyl sites for hydroxylation is 1. The van der Waals surface area contributed by atoms with Crippen LogP contribution in [0.25, 0.3) is 11.0 Å². The summed E-state index contributed by atoms with van der Waals surface area (Å²) >= 11 is 0. The molecule has 3 aliphatic rings. The van der Waals surface area contributed by atoms with E-state index in [1.807, 2.05) is 6.07 Å². The highest BCUT2D eigenvalue weighted by Crippen LogP contribution is 2.35. The first-order chi connectivity index (χ1) is 20.9. The number of aromatic nitrogens is 3. The minimum Gasteiger partial charge on any atom is -0.478 e. The average Bonchev–Trinajstić information content (AvgIpc) is 3.34. The predicted octanol–water partition coefficient (Wildman–Crippen LogP) is 5.58. The number of nitrogens with zero attached hydrogens (tertiary/aromatic N) is 5. The number of aromatic carboxylic acids is 1. The summed E-state index contributed by atoms with van der Waals surface area (Å²) in [6, 6.07) is 16.7. The molecule has 2 aromatic heterocycles. The number of hydrogen-bond acceptors (Lipinski definition) is 6. The van der Waals surface area contributed by atoms with Gasteiger partial charge in [-0.1, -0.05) is 6.07 Å². The van der Waals surface area contributed by atoms with Gasteiger partial charge < -0.3 is 14.4 Å². The molecule has 4 aromatic rings. The van der Waals surface area contributed by atoms with E-state index in [0.29, 0.717) is 31.0 Å². The zero-order chi connectivity index (χ0) is 29.5. The molecule has 0 bridgehead atoms. The van der Waals surface area contributed by atoms with Gasteiger partial charge in [-0.2, -0.15) is 5.26 Å².